The molecule has 84 valence electrons. The zero-order valence-electron chi connectivity index (χ0n) is 9.25. The van der Waals surface area contributed by atoms with Gasteiger partial charge >= 0.3 is 0 Å². The minimum Gasteiger partial charge on any atom is -0.297 e. The fourth-order valence-electron chi connectivity index (χ4n) is 2.14. The number of halogens is 1. The lowest BCUT2D eigenvalue weighted by atomic mass is 10.00. The first-order valence-corrected chi connectivity index (χ1v) is 6.34. The SMILES string of the molecule is BrN1c2ccccc2C=CC1c1ccccc1. The maximum absolute atomic E-state index is 3.67. The molecule has 0 aliphatic carbocycles. The zero-order chi connectivity index (χ0) is 11.7. The molecule has 17 heavy (non-hydrogen) atoms. The molecule has 1 aliphatic rings. The summed E-state index contributed by atoms with van der Waals surface area (Å²) < 4.78 is 2.14. The summed E-state index contributed by atoms with van der Waals surface area (Å²) in [6, 6.07) is 19.1. The normalized spacial score (nSPS) is 17.9. The lowest BCUT2D eigenvalue weighted by molar-refractivity contribution is 0.914. The maximum atomic E-state index is 3.67. The van der Waals surface area contributed by atoms with Gasteiger partial charge in [0.15, 0.2) is 0 Å². The van der Waals surface area contributed by atoms with E-state index in [0.717, 1.165) is 0 Å². The van der Waals surface area contributed by atoms with Crippen molar-refractivity contribution >= 4 is 27.9 Å². The van der Waals surface area contributed by atoms with Crippen LogP contribution in [0.5, 0.6) is 0 Å². The average Bonchev–Trinajstić information content (AvgIpc) is 2.40. The van der Waals surface area contributed by atoms with E-state index in [0.29, 0.717) is 0 Å². The molecule has 0 radical (unpaired) electrons. The molecule has 0 fully saturated rings. The number of para-hydroxylation sites is 1. The van der Waals surface area contributed by atoms with Gasteiger partial charge in [-0.2, -0.15) is 0 Å². The molecule has 0 spiro atoms. The molecule has 3 rings (SSSR count). The first-order chi connectivity index (χ1) is 8.36. The molecule has 2 aromatic rings. The highest BCUT2D eigenvalue weighted by atomic mass is 79.9. The first kappa shape index (κ1) is 10.6. The summed E-state index contributed by atoms with van der Waals surface area (Å²) >= 11 is 3.67. The van der Waals surface area contributed by atoms with Gasteiger partial charge in [0.1, 0.15) is 0 Å². The molecule has 1 heterocycles. The van der Waals surface area contributed by atoms with Crippen molar-refractivity contribution in [3.05, 3.63) is 71.8 Å². The lowest BCUT2D eigenvalue weighted by Crippen LogP contribution is -2.19. The predicted molar refractivity (Wildman–Crippen MR) is 76.1 cm³/mol. The van der Waals surface area contributed by atoms with Crippen LogP contribution in [-0.4, -0.2) is 0 Å². The van der Waals surface area contributed by atoms with Crippen LogP contribution in [0.4, 0.5) is 5.69 Å². The summed E-state index contributed by atoms with van der Waals surface area (Å²) in [5.74, 6) is 0. The molecule has 0 bridgehead atoms. The predicted octanol–water partition coefficient (Wildman–Crippen LogP) is 4.57. The Morgan fingerprint density at radius 3 is 2.41 bits per heavy atom. The monoisotopic (exact) mass is 285 g/mol. The Bertz CT molecular complexity index is 548. The molecule has 0 saturated carbocycles. The summed E-state index contributed by atoms with van der Waals surface area (Å²) in [5, 5.41) is 0. The molecule has 1 unspecified atom stereocenters. The Morgan fingerprint density at radius 2 is 1.59 bits per heavy atom. The van der Waals surface area contributed by atoms with E-state index in [1.165, 1.54) is 16.8 Å². The largest absolute Gasteiger partial charge is 0.297 e. The molecule has 0 aromatic heterocycles. The van der Waals surface area contributed by atoms with Gasteiger partial charge in [0.2, 0.25) is 0 Å². The van der Waals surface area contributed by atoms with Gasteiger partial charge in [-0.05, 0) is 17.2 Å². The molecule has 1 aliphatic heterocycles. The van der Waals surface area contributed by atoms with Gasteiger partial charge < -0.3 is 0 Å². The van der Waals surface area contributed by atoms with Crippen molar-refractivity contribution in [2.45, 2.75) is 6.04 Å². The summed E-state index contributed by atoms with van der Waals surface area (Å²) in [4.78, 5) is 0. The zero-order valence-corrected chi connectivity index (χ0v) is 10.8. The third-order valence-electron chi connectivity index (χ3n) is 3.01. The third kappa shape index (κ3) is 1.89. The van der Waals surface area contributed by atoms with Crippen molar-refractivity contribution in [1.82, 2.24) is 0 Å². The Balaban J connectivity index is 2.03. The van der Waals surface area contributed by atoms with Crippen molar-refractivity contribution in [2.24, 2.45) is 0 Å². The highest BCUT2D eigenvalue weighted by molar-refractivity contribution is 9.10. The molecule has 0 amide bonds. The minimum atomic E-state index is 0.256. The molecule has 0 N–H and O–H groups in total. The van der Waals surface area contributed by atoms with E-state index < -0.39 is 0 Å². The number of benzene rings is 2. The summed E-state index contributed by atoms with van der Waals surface area (Å²) in [7, 11) is 0. The lowest BCUT2D eigenvalue weighted by Gasteiger charge is -2.30. The Labute approximate surface area is 110 Å². The first-order valence-electron chi connectivity index (χ1n) is 5.63. The van der Waals surface area contributed by atoms with Crippen LogP contribution >= 0.6 is 16.1 Å². The number of hydrogen-bond acceptors (Lipinski definition) is 1. The molecule has 0 saturated heterocycles. The number of fused-ring (bicyclic) bond motifs is 1. The number of hydrogen-bond donors (Lipinski definition) is 0. The van der Waals surface area contributed by atoms with Crippen LogP contribution in [0, 0.1) is 0 Å². The van der Waals surface area contributed by atoms with Crippen molar-refractivity contribution in [3.63, 3.8) is 0 Å². The standard InChI is InChI=1S/C15H12BrN/c16-17-14-9-5-4-8-13(14)10-11-15(17)12-6-2-1-3-7-12/h1-11,15H. The van der Waals surface area contributed by atoms with Gasteiger partial charge in [0, 0.05) is 0 Å². The van der Waals surface area contributed by atoms with E-state index in [4.69, 9.17) is 0 Å². The number of anilines is 1. The fourth-order valence-corrected chi connectivity index (χ4v) is 2.83. The fraction of sp³-hybridized carbons (Fsp3) is 0.0667. The van der Waals surface area contributed by atoms with E-state index >= 15 is 0 Å². The van der Waals surface area contributed by atoms with Gasteiger partial charge in [0.25, 0.3) is 0 Å². The second-order valence-electron chi connectivity index (χ2n) is 4.08. The minimum absolute atomic E-state index is 0.256. The molecule has 2 heteroatoms. The van der Waals surface area contributed by atoms with E-state index in [2.05, 4.69) is 80.8 Å². The summed E-state index contributed by atoms with van der Waals surface area (Å²) in [6.45, 7) is 0. The van der Waals surface area contributed by atoms with Gasteiger partial charge in [-0.25, -0.2) is 0 Å². The summed E-state index contributed by atoms with van der Waals surface area (Å²) in [5.41, 5.74) is 3.75. The average molecular weight is 286 g/mol. The van der Waals surface area contributed by atoms with Crippen molar-refractivity contribution in [1.29, 1.82) is 0 Å². The third-order valence-corrected chi connectivity index (χ3v) is 3.83. The van der Waals surface area contributed by atoms with Gasteiger partial charge in [0.05, 0.1) is 27.9 Å². The quantitative estimate of drug-likeness (QED) is 0.694. The van der Waals surface area contributed by atoms with Crippen LogP contribution in [0.2, 0.25) is 0 Å². The van der Waals surface area contributed by atoms with E-state index in [-0.39, 0.29) is 6.04 Å². The molecule has 1 atom stereocenters. The van der Waals surface area contributed by atoms with Crippen molar-refractivity contribution < 1.29 is 0 Å². The summed E-state index contributed by atoms with van der Waals surface area (Å²) in [6.07, 6.45) is 4.40. The van der Waals surface area contributed by atoms with Crippen molar-refractivity contribution in [3.8, 4) is 0 Å². The van der Waals surface area contributed by atoms with Crippen LogP contribution in [-0.2, 0) is 0 Å². The topological polar surface area (TPSA) is 3.24 Å². The Kier molecular flexibility index (Phi) is 2.73. The highest BCUT2D eigenvalue weighted by Gasteiger charge is 2.21. The van der Waals surface area contributed by atoms with E-state index in [1.54, 1.807) is 0 Å². The molecular formula is C15H12BrN. The van der Waals surface area contributed by atoms with Crippen LogP contribution in [0.3, 0.4) is 0 Å². The maximum Gasteiger partial charge on any atom is 0.0840 e. The van der Waals surface area contributed by atoms with Crippen LogP contribution in [0.25, 0.3) is 6.08 Å². The second kappa shape index (κ2) is 4.38. The van der Waals surface area contributed by atoms with Crippen molar-refractivity contribution in [2.75, 3.05) is 3.93 Å². The van der Waals surface area contributed by atoms with Gasteiger partial charge in [-0.3, -0.25) is 3.93 Å². The van der Waals surface area contributed by atoms with E-state index in [1.807, 2.05) is 6.07 Å². The Morgan fingerprint density at radius 1 is 0.882 bits per heavy atom. The smallest absolute Gasteiger partial charge is 0.0840 e. The van der Waals surface area contributed by atoms with Crippen LogP contribution in [0.1, 0.15) is 17.2 Å². The molecule has 2 aromatic carbocycles. The number of rotatable bonds is 1. The van der Waals surface area contributed by atoms with Gasteiger partial charge in [-0.15, -0.1) is 0 Å². The highest BCUT2D eigenvalue weighted by Crippen LogP contribution is 2.38. The molecular weight excluding hydrogens is 274 g/mol. The van der Waals surface area contributed by atoms with Crippen LogP contribution < -0.4 is 3.93 Å². The second-order valence-corrected chi connectivity index (χ2v) is 4.85. The van der Waals surface area contributed by atoms with Gasteiger partial charge in [-0.1, -0.05) is 60.7 Å². The number of nitrogens with zero attached hydrogens (tertiary/aromatic N) is 1. The Hall–Kier alpha value is -1.54. The van der Waals surface area contributed by atoms with Crippen LogP contribution in [0.15, 0.2) is 60.7 Å². The van der Waals surface area contributed by atoms with E-state index in [9.17, 15) is 0 Å². The molecule has 1 nitrogen and oxygen atoms in total.